The summed E-state index contributed by atoms with van der Waals surface area (Å²) >= 11 is 1.76. The van der Waals surface area contributed by atoms with Gasteiger partial charge in [-0.15, -0.1) is 11.3 Å². The van der Waals surface area contributed by atoms with Crippen molar-refractivity contribution in [1.29, 1.82) is 0 Å². The van der Waals surface area contributed by atoms with Crippen LogP contribution in [0, 0.1) is 17.3 Å². The van der Waals surface area contributed by atoms with Gasteiger partial charge in [-0.1, -0.05) is 39.7 Å². The molecule has 1 unspecified atom stereocenters. The Morgan fingerprint density at radius 2 is 1.96 bits per heavy atom. The molecule has 0 spiro atoms. The summed E-state index contributed by atoms with van der Waals surface area (Å²) in [5, 5.41) is 1.17. The van der Waals surface area contributed by atoms with E-state index in [1.807, 2.05) is 13.0 Å². The van der Waals surface area contributed by atoms with Crippen LogP contribution < -0.4 is 5.73 Å². The van der Waals surface area contributed by atoms with Gasteiger partial charge in [0.05, 0.1) is 22.1 Å². The molecule has 1 atom stereocenters. The number of aliphatic imine (C=N–C) groups is 1. The molecule has 2 N–H and O–H groups in total. The van der Waals surface area contributed by atoms with E-state index < -0.39 is 0 Å². The molecule has 0 saturated heterocycles. The van der Waals surface area contributed by atoms with Gasteiger partial charge >= 0.3 is 0 Å². The minimum absolute atomic E-state index is 0.0622. The summed E-state index contributed by atoms with van der Waals surface area (Å²) in [4.78, 5) is 9.57. The maximum absolute atomic E-state index is 6.23. The lowest BCUT2D eigenvalue weighted by atomic mass is 9.94. The molecule has 0 aliphatic heterocycles. The maximum Gasteiger partial charge on any atom is 0.113 e. The first-order chi connectivity index (χ1) is 12.3. The number of amidine groups is 1. The van der Waals surface area contributed by atoms with Crippen LogP contribution >= 0.6 is 11.3 Å². The Balaban J connectivity index is 2.13. The topological polar surface area (TPSA) is 51.3 Å². The first kappa shape index (κ1) is 18.4. The van der Waals surface area contributed by atoms with Gasteiger partial charge in [-0.2, -0.15) is 0 Å². The number of nitrogens with two attached hydrogens (primary N) is 1. The van der Waals surface area contributed by atoms with Crippen molar-refractivity contribution in [3.8, 4) is 11.8 Å². The standard InChI is InChI=1S/C22H25N3S/c1-6-8-15-10-12-19-20(24-15)16-13-14(9-11-18(16)26-19)17(7-2)25-21(23)22(3,4)5/h9-13,17H,7H2,1-5H3,(H2,23,25). The van der Waals surface area contributed by atoms with E-state index in [-0.39, 0.29) is 11.5 Å². The largest absolute Gasteiger partial charge is 0.387 e. The predicted molar refractivity (Wildman–Crippen MR) is 114 cm³/mol. The second-order valence-corrected chi connectivity index (χ2v) is 8.55. The van der Waals surface area contributed by atoms with Gasteiger partial charge in [0.15, 0.2) is 0 Å². The van der Waals surface area contributed by atoms with Crippen LogP contribution in [0.1, 0.15) is 58.3 Å². The van der Waals surface area contributed by atoms with E-state index >= 15 is 0 Å². The van der Waals surface area contributed by atoms with Crippen LogP contribution in [-0.4, -0.2) is 10.8 Å². The zero-order valence-electron chi connectivity index (χ0n) is 16.1. The lowest BCUT2D eigenvalue weighted by Crippen LogP contribution is -2.29. The van der Waals surface area contributed by atoms with Crippen molar-refractivity contribution in [2.75, 3.05) is 0 Å². The van der Waals surface area contributed by atoms with Crippen LogP contribution in [0.25, 0.3) is 20.3 Å². The third kappa shape index (κ3) is 3.59. The maximum atomic E-state index is 6.23. The zero-order chi connectivity index (χ0) is 18.9. The van der Waals surface area contributed by atoms with Crippen molar-refractivity contribution >= 4 is 37.5 Å². The van der Waals surface area contributed by atoms with Gasteiger partial charge in [0.25, 0.3) is 0 Å². The van der Waals surface area contributed by atoms with Crippen LogP contribution in [0.4, 0.5) is 0 Å². The van der Waals surface area contributed by atoms with Crippen molar-refractivity contribution in [1.82, 2.24) is 4.98 Å². The van der Waals surface area contributed by atoms with Gasteiger partial charge < -0.3 is 5.73 Å². The van der Waals surface area contributed by atoms with Crippen molar-refractivity contribution < 1.29 is 0 Å². The highest BCUT2D eigenvalue weighted by atomic mass is 32.1. The summed E-state index contributed by atoms with van der Waals surface area (Å²) in [6.07, 6.45) is 0.907. The molecule has 26 heavy (non-hydrogen) atoms. The van der Waals surface area contributed by atoms with Gasteiger partial charge in [0.2, 0.25) is 0 Å². The molecule has 0 fully saturated rings. The number of nitrogens with zero attached hydrogens (tertiary/aromatic N) is 2. The minimum atomic E-state index is -0.123. The number of thiophene rings is 1. The van der Waals surface area contributed by atoms with Crippen LogP contribution in [0.5, 0.6) is 0 Å². The average Bonchev–Trinajstić information content (AvgIpc) is 2.96. The van der Waals surface area contributed by atoms with Gasteiger partial charge in [-0.25, -0.2) is 4.98 Å². The molecule has 0 bridgehead atoms. The predicted octanol–water partition coefficient (Wildman–Crippen LogP) is 5.68. The number of pyridine rings is 1. The molecule has 0 aliphatic rings. The molecule has 2 heterocycles. The third-order valence-electron chi connectivity index (χ3n) is 4.42. The molecule has 3 aromatic rings. The third-order valence-corrected chi connectivity index (χ3v) is 5.55. The van der Waals surface area contributed by atoms with Gasteiger partial charge in [-0.05, 0) is 49.1 Å². The Hall–Kier alpha value is -2.38. The highest BCUT2D eigenvalue weighted by Gasteiger charge is 2.19. The van der Waals surface area contributed by atoms with E-state index in [2.05, 4.69) is 63.8 Å². The number of aromatic nitrogens is 1. The Morgan fingerprint density at radius 3 is 2.62 bits per heavy atom. The van der Waals surface area contributed by atoms with E-state index in [1.54, 1.807) is 11.3 Å². The van der Waals surface area contributed by atoms with E-state index in [0.717, 1.165) is 17.6 Å². The molecular weight excluding hydrogens is 338 g/mol. The van der Waals surface area contributed by atoms with Crippen LogP contribution in [-0.2, 0) is 0 Å². The number of hydrogen-bond acceptors (Lipinski definition) is 3. The second-order valence-electron chi connectivity index (χ2n) is 7.46. The number of hydrogen-bond donors (Lipinski definition) is 1. The molecule has 0 aliphatic carbocycles. The van der Waals surface area contributed by atoms with Crippen molar-refractivity contribution in [3.63, 3.8) is 0 Å². The Kier molecular flexibility index (Phi) is 5.02. The Bertz CT molecular complexity index is 1040. The molecule has 0 amide bonds. The van der Waals surface area contributed by atoms with Gasteiger partial charge in [0.1, 0.15) is 5.69 Å². The van der Waals surface area contributed by atoms with E-state index in [9.17, 15) is 0 Å². The fourth-order valence-electron chi connectivity index (χ4n) is 2.83. The summed E-state index contributed by atoms with van der Waals surface area (Å²) in [5.74, 6) is 6.67. The highest BCUT2D eigenvalue weighted by Crippen LogP contribution is 2.35. The molecule has 134 valence electrons. The normalized spacial score (nSPS) is 13.7. The highest BCUT2D eigenvalue weighted by molar-refractivity contribution is 7.25. The summed E-state index contributed by atoms with van der Waals surface area (Å²) in [7, 11) is 0. The number of rotatable bonds is 3. The van der Waals surface area contributed by atoms with Crippen LogP contribution in [0.3, 0.4) is 0 Å². The Morgan fingerprint density at radius 1 is 1.23 bits per heavy atom. The van der Waals surface area contributed by atoms with E-state index in [1.165, 1.54) is 20.3 Å². The van der Waals surface area contributed by atoms with Crippen LogP contribution in [0.15, 0.2) is 35.3 Å². The lowest BCUT2D eigenvalue weighted by molar-refractivity contribution is 0.569. The second kappa shape index (κ2) is 7.09. The number of benzene rings is 1. The van der Waals surface area contributed by atoms with Crippen molar-refractivity contribution in [2.24, 2.45) is 16.1 Å². The van der Waals surface area contributed by atoms with Crippen LogP contribution in [0.2, 0.25) is 0 Å². The minimum Gasteiger partial charge on any atom is -0.387 e. The van der Waals surface area contributed by atoms with Crippen molar-refractivity contribution in [2.45, 2.75) is 47.1 Å². The zero-order valence-corrected chi connectivity index (χ0v) is 16.9. The quantitative estimate of drug-likeness (QED) is 0.370. The summed E-state index contributed by atoms with van der Waals surface area (Å²) in [5.41, 5.74) is 9.12. The molecule has 0 saturated carbocycles. The molecule has 0 radical (unpaired) electrons. The molecule has 3 rings (SSSR count). The smallest absolute Gasteiger partial charge is 0.113 e. The lowest BCUT2D eigenvalue weighted by Gasteiger charge is -2.20. The first-order valence-corrected chi connectivity index (χ1v) is 9.75. The summed E-state index contributed by atoms with van der Waals surface area (Å²) in [6.45, 7) is 10.3. The summed E-state index contributed by atoms with van der Waals surface area (Å²) < 4.78 is 2.42. The summed E-state index contributed by atoms with van der Waals surface area (Å²) in [6, 6.07) is 10.7. The van der Waals surface area contributed by atoms with E-state index in [0.29, 0.717) is 5.84 Å². The number of fused-ring (bicyclic) bond motifs is 3. The first-order valence-electron chi connectivity index (χ1n) is 8.93. The Labute approximate surface area is 159 Å². The van der Waals surface area contributed by atoms with Gasteiger partial charge in [0, 0.05) is 15.5 Å². The molecule has 1 aromatic carbocycles. The van der Waals surface area contributed by atoms with Crippen molar-refractivity contribution in [3.05, 3.63) is 41.6 Å². The fourth-order valence-corrected chi connectivity index (χ4v) is 3.86. The fraction of sp³-hybridized carbons (Fsp3) is 0.364. The monoisotopic (exact) mass is 363 g/mol. The molecule has 2 aromatic heterocycles. The average molecular weight is 364 g/mol. The SMILES string of the molecule is CC#Cc1ccc2sc3ccc(C(CC)N=C(N)C(C)(C)C)cc3c2n1. The van der Waals surface area contributed by atoms with Gasteiger partial charge in [-0.3, -0.25) is 4.99 Å². The molecule has 4 heteroatoms. The molecule has 3 nitrogen and oxygen atoms in total. The molecular formula is C22H25N3S. The van der Waals surface area contributed by atoms with E-state index in [4.69, 9.17) is 15.7 Å².